The smallest absolute Gasteiger partial charge is 0.182 e. The summed E-state index contributed by atoms with van der Waals surface area (Å²) in [6.07, 6.45) is 0. The minimum atomic E-state index is -3.55. The molecule has 3 nitrogen and oxygen atoms in total. The van der Waals surface area contributed by atoms with E-state index >= 15 is 0 Å². The summed E-state index contributed by atoms with van der Waals surface area (Å²) in [5.74, 6) is -1.10. The van der Waals surface area contributed by atoms with E-state index in [0.717, 1.165) is 11.1 Å². The van der Waals surface area contributed by atoms with Crippen molar-refractivity contribution >= 4 is 27.0 Å². The fourth-order valence-electron chi connectivity index (χ4n) is 2.98. The maximum atomic E-state index is 13.1. The predicted octanol–water partition coefficient (Wildman–Crippen LogP) is 2.98. The molecule has 0 aromatic heterocycles. The molecule has 6 heteroatoms. The van der Waals surface area contributed by atoms with Gasteiger partial charge in [-0.2, -0.15) is 0 Å². The van der Waals surface area contributed by atoms with E-state index in [4.69, 9.17) is 18.0 Å². The van der Waals surface area contributed by atoms with Gasteiger partial charge in [0.1, 0.15) is 5.82 Å². The monoisotopic (exact) mass is 349 g/mol. The van der Waals surface area contributed by atoms with Crippen LogP contribution >= 0.6 is 12.2 Å². The van der Waals surface area contributed by atoms with Gasteiger partial charge in [-0.3, -0.25) is 0 Å². The van der Waals surface area contributed by atoms with Gasteiger partial charge in [0.25, 0.3) is 0 Å². The van der Waals surface area contributed by atoms with Gasteiger partial charge in [-0.1, -0.05) is 42.0 Å². The molecule has 0 bridgehead atoms. The summed E-state index contributed by atoms with van der Waals surface area (Å²) < 4.78 is 38.9. The van der Waals surface area contributed by atoms with Crippen LogP contribution in [0.25, 0.3) is 0 Å². The van der Waals surface area contributed by atoms with Crippen LogP contribution in [0, 0.1) is 18.7 Å². The third-order valence-electron chi connectivity index (χ3n) is 4.25. The number of rotatable bonds is 4. The first-order valence-corrected chi connectivity index (χ1v) is 9.13. The Morgan fingerprint density at radius 2 is 1.65 bits per heavy atom. The van der Waals surface area contributed by atoms with E-state index in [1.165, 1.54) is 12.1 Å². The van der Waals surface area contributed by atoms with Gasteiger partial charge in [0.05, 0.1) is 15.1 Å². The molecule has 2 aromatic rings. The lowest BCUT2D eigenvalue weighted by Crippen LogP contribution is -2.17. The summed E-state index contributed by atoms with van der Waals surface area (Å²) in [6, 6.07) is 12.5. The van der Waals surface area contributed by atoms with Crippen molar-refractivity contribution in [2.75, 3.05) is 0 Å². The Labute approximate surface area is 140 Å². The molecule has 0 unspecified atom stereocenters. The molecule has 0 heterocycles. The van der Waals surface area contributed by atoms with Crippen molar-refractivity contribution in [3.8, 4) is 0 Å². The third kappa shape index (κ3) is 2.88. The number of sulfone groups is 1. The molecule has 0 radical (unpaired) electrons. The zero-order valence-corrected chi connectivity index (χ0v) is 14.1. The lowest BCUT2D eigenvalue weighted by atomic mass is 10.1. The SMILES string of the molecule is Cc1ccc(S(=O)(=O)[C@H]2[C@@H](C(N)=S)[C@@H]2c2ccc(F)cc2)cc1. The van der Waals surface area contributed by atoms with Crippen molar-refractivity contribution in [3.63, 3.8) is 0 Å². The highest BCUT2D eigenvalue weighted by atomic mass is 32.2. The Hall–Kier alpha value is -1.79. The second kappa shape index (κ2) is 5.69. The normalized spacial score (nSPS) is 23.5. The van der Waals surface area contributed by atoms with E-state index < -0.39 is 21.0 Å². The van der Waals surface area contributed by atoms with E-state index in [0.29, 0.717) is 0 Å². The first-order valence-electron chi connectivity index (χ1n) is 7.18. The Balaban J connectivity index is 1.98. The van der Waals surface area contributed by atoms with Gasteiger partial charge in [0.2, 0.25) is 0 Å². The van der Waals surface area contributed by atoms with Crippen LogP contribution in [0.3, 0.4) is 0 Å². The molecule has 120 valence electrons. The number of hydrogen-bond donors (Lipinski definition) is 1. The zero-order chi connectivity index (χ0) is 16.8. The lowest BCUT2D eigenvalue weighted by molar-refractivity contribution is 0.593. The maximum Gasteiger partial charge on any atom is 0.182 e. The summed E-state index contributed by atoms with van der Waals surface area (Å²) in [5.41, 5.74) is 7.46. The van der Waals surface area contributed by atoms with Gasteiger partial charge in [-0.25, -0.2) is 12.8 Å². The van der Waals surface area contributed by atoms with Crippen LogP contribution in [0.4, 0.5) is 4.39 Å². The number of benzene rings is 2. The molecule has 2 N–H and O–H groups in total. The highest BCUT2D eigenvalue weighted by Crippen LogP contribution is 2.54. The van der Waals surface area contributed by atoms with E-state index in [2.05, 4.69) is 0 Å². The molecule has 0 saturated heterocycles. The van der Waals surface area contributed by atoms with Crippen LogP contribution in [0.5, 0.6) is 0 Å². The lowest BCUT2D eigenvalue weighted by Gasteiger charge is -2.05. The van der Waals surface area contributed by atoms with Crippen LogP contribution in [-0.2, 0) is 9.84 Å². The molecular formula is C17H16FNO2S2. The topological polar surface area (TPSA) is 60.2 Å². The van der Waals surface area contributed by atoms with Gasteiger partial charge in [-0.15, -0.1) is 0 Å². The van der Waals surface area contributed by atoms with Gasteiger partial charge in [-0.05, 0) is 36.8 Å². The van der Waals surface area contributed by atoms with Gasteiger partial charge >= 0.3 is 0 Å². The minimum absolute atomic E-state index is 0.181. The second-order valence-corrected chi connectivity index (χ2v) is 8.41. The largest absolute Gasteiger partial charge is 0.393 e. The average Bonchev–Trinajstić information content (AvgIpc) is 3.25. The first-order chi connectivity index (χ1) is 10.8. The van der Waals surface area contributed by atoms with Crippen molar-refractivity contribution in [2.24, 2.45) is 11.7 Å². The summed E-state index contributed by atoms with van der Waals surface area (Å²) in [7, 11) is -3.55. The maximum absolute atomic E-state index is 13.1. The molecule has 1 aliphatic rings. The van der Waals surface area contributed by atoms with E-state index in [1.54, 1.807) is 36.4 Å². The van der Waals surface area contributed by atoms with E-state index in [9.17, 15) is 12.8 Å². The van der Waals surface area contributed by atoms with Gasteiger partial charge in [0.15, 0.2) is 9.84 Å². The number of nitrogens with two attached hydrogens (primary N) is 1. The molecule has 1 aliphatic carbocycles. The van der Waals surface area contributed by atoms with Gasteiger partial charge < -0.3 is 5.73 Å². The molecule has 1 fully saturated rings. The average molecular weight is 349 g/mol. The van der Waals surface area contributed by atoms with E-state index in [1.807, 2.05) is 6.92 Å². The summed E-state index contributed by atoms with van der Waals surface area (Å²) in [5, 5.41) is -0.687. The van der Waals surface area contributed by atoms with Crippen molar-refractivity contribution in [3.05, 3.63) is 65.5 Å². The number of aryl methyl sites for hydroxylation is 1. The molecule has 23 heavy (non-hydrogen) atoms. The van der Waals surface area contributed by atoms with Crippen molar-refractivity contribution in [1.29, 1.82) is 0 Å². The molecule has 3 rings (SSSR count). The summed E-state index contributed by atoms with van der Waals surface area (Å²) in [4.78, 5) is 0.443. The standard InChI is InChI=1S/C17H16FNO2S2/c1-10-2-8-13(9-3-10)23(20,21)16-14(15(16)17(19)22)11-4-6-12(18)7-5-11/h2-9,14-16H,1H3,(H2,19,22)/t14-,15-,16+/m0/s1. The minimum Gasteiger partial charge on any atom is -0.393 e. The van der Waals surface area contributed by atoms with E-state index in [-0.39, 0.29) is 21.6 Å². The van der Waals surface area contributed by atoms with Crippen molar-refractivity contribution in [1.82, 2.24) is 0 Å². The molecule has 1 saturated carbocycles. The van der Waals surface area contributed by atoms with Crippen LogP contribution in [0.1, 0.15) is 17.0 Å². The third-order valence-corrected chi connectivity index (χ3v) is 6.75. The predicted molar refractivity (Wildman–Crippen MR) is 91.6 cm³/mol. The molecule has 3 atom stereocenters. The van der Waals surface area contributed by atoms with Crippen molar-refractivity contribution < 1.29 is 12.8 Å². The molecule has 2 aromatic carbocycles. The first kappa shape index (κ1) is 16.1. The zero-order valence-electron chi connectivity index (χ0n) is 12.4. The molecule has 0 spiro atoms. The highest BCUT2D eigenvalue weighted by molar-refractivity contribution is 7.92. The summed E-state index contributed by atoms with van der Waals surface area (Å²) in [6.45, 7) is 1.90. The van der Waals surface area contributed by atoms with Crippen LogP contribution in [0.15, 0.2) is 53.4 Å². The molecule has 0 aliphatic heterocycles. The van der Waals surface area contributed by atoms with Crippen LogP contribution in [0.2, 0.25) is 0 Å². The Kier molecular flexibility index (Phi) is 3.98. The quantitative estimate of drug-likeness (QED) is 0.862. The Morgan fingerprint density at radius 3 is 2.17 bits per heavy atom. The summed E-state index contributed by atoms with van der Waals surface area (Å²) >= 11 is 5.04. The Morgan fingerprint density at radius 1 is 1.09 bits per heavy atom. The number of thiocarbonyl (C=S) groups is 1. The van der Waals surface area contributed by atoms with Crippen LogP contribution in [-0.4, -0.2) is 18.7 Å². The second-order valence-electron chi connectivity index (χ2n) is 5.83. The molecular weight excluding hydrogens is 333 g/mol. The number of hydrogen-bond acceptors (Lipinski definition) is 3. The molecule has 0 amide bonds. The number of halogens is 1. The Bertz CT molecular complexity index is 845. The van der Waals surface area contributed by atoms with Crippen LogP contribution < -0.4 is 5.73 Å². The fourth-order valence-corrected chi connectivity index (χ4v) is 5.51. The van der Waals surface area contributed by atoms with Gasteiger partial charge in [0, 0.05) is 11.8 Å². The fraction of sp³-hybridized carbons (Fsp3) is 0.235. The highest BCUT2D eigenvalue weighted by Gasteiger charge is 2.60. The van der Waals surface area contributed by atoms with Crippen molar-refractivity contribution in [2.45, 2.75) is 23.0 Å².